The maximum atomic E-state index is 5.96. The SMILES string of the molecule is CCCCCCNCC1CCCC1CCl. The molecule has 0 heterocycles. The van der Waals surface area contributed by atoms with Gasteiger partial charge in [-0.15, -0.1) is 11.6 Å². The van der Waals surface area contributed by atoms with Crippen LogP contribution in [0, 0.1) is 11.8 Å². The standard InChI is InChI=1S/C13H26ClN/c1-2-3-4-5-9-15-11-13-8-6-7-12(13)10-14/h12-13,15H,2-11H2,1H3. The van der Waals surface area contributed by atoms with Crippen LogP contribution in [0.25, 0.3) is 0 Å². The summed E-state index contributed by atoms with van der Waals surface area (Å²) in [7, 11) is 0. The predicted molar refractivity (Wildman–Crippen MR) is 68.6 cm³/mol. The molecule has 0 aromatic carbocycles. The first-order chi connectivity index (χ1) is 7.38. The van der Waals surface area contributed by atoms with E-state index in [1.165, 1.54) is 58.0 Å². The van der Waals surface area contributed by atoms with E-state index < -0.39 is 0 Å². The molecular formula is C13H26ClN. The Morgan fingerprint density at radius 3 is 2.67 bits per heavy atom. The lowest BCUT2D eigenvalue weighted by Gasteiger charge is -2.17. The molecule has 0 aromatic heterocycles. The predicted octanol–water partition coefficient (Wildman–Crippen LogP) is 3.81. The minimum atomic E-state index is 0.787. The molecule has 0 amide bonds. The third kappa shape index (κ3) is 5.21. The van der Waals surface area contributed by atoms with Gasteiger partial charge in [0.25, 0.3) is 0 Å². The molecule has 0 spiro atoms. The van der Waals surface area contributed by atoms with E-state index in [-0.39, 0.29) is 0 Å². The molecule has 90 valence electrons. The molecule has 1 aliphatic rings. The largest absolute Gasteiger partial charge is 0.316 e. The summed E-state index contributed by atoms with van der Waals surface area (Å²) in [6.07, 6.45) is 9.57. The van der Waals surface area contributed by atoms with Crippen LogP contribution in [0.3, 0.4) is 0 Å². The van der Waals surface area contributed by atoms with Crippen molar-refractivity contribution < 1.29 is 0 Å². The summed E-state index contributed by atoms with van der Waals surface area (Å²) in [6.45, 7) is 4.66. The van der Waals surface area contributed by atoms with E-state index in [0.717, 1.165) is 17.7 Å². The van der Waals surface area contributed by atoms with Gasteiger partial charge >= 0.3 is 0 Å². The number of nitrogens with one attached hydrogen (secondary N) is 1. The Kier molecular flexibility index (Phi) is 7.46. The van der Waals surface area contributed by atoms with Gasteiger partial charge in [-0.3, -0.25) is 0 Å². The molecule has 0 bridgehead atoms. The fourth-order valence-electron chi connectivity index (χ4n) is 2.55. The van der Waals surface area contributed by atoms with E-state index in [1.54, 1.807) is 0 Å². The minimum Gasteiger partial charge on any atom is -0.316 e. The van der Waals surface area contributed by atoms with Gasteiger partial charge in [-0.2, -0.15) is 0 Å². The van der Waals surface area contributed by atoms with E-state index in [9.17, 15) is 0 Å². The van der Waals surface area contributed by atoms with Gasteiger partial charge in [0.05, 0.1) is 0 Å². The van der Waals surface area contributed by atoms with Crippen LogP contribution >= 0.6 is 11.6 Å². The highest BCUT2D eigenvalue weighted by molar-refractivity contribution is 6.18. The number of rotatable bonds is 8. The van der Waals surface area contributed by atoms with Crippen molar-refractivity contribution in [3.63, 3.8) is 0 Å². The van der Waals surface area contributed by atoms with Crippen molar-refractivity contribution in [2.24, 2.45) is 11.8 Å². The van der Waals surface area contributed by atoms with Crippen molar-refractivity contribution >= 4 is 11.6 Å². The van der Waals surface area contributed by atoms with Gasteiger partial charge in [-0.05, 0) is 44.2 Å². The van der Waals surface area contributed by atoms with Crippen LogP contribution in [-0.4, -0.2) is 19.0 Å². The summed E-state index contributed by atoms with van der Waals surface area (Å²) in [6, 6.07) is 0. The van der Waals surface area contributed by atoms with Crippen molar-refractivity contribution in [1.82, 2.24) is 5.32 Å². The van der Waals surface area contributed by atoms with Crippen LogP contribution in [0.15, 0.2) is 0 Å². The lowest BCUT2D eigenvalue weighted by Crippen LogP contribution is -2.26. The normalized spacial score (nSPS) is 26.0. The summed E-state index contributed by atoms with van der Waals surface area (Å²) in [5.74, 6) is 2.51. The second-order valence-corrected chi connectivity index (χ2v) is 5.18. The van der Waals surface area contributed by atoms with Crippen LogP contribution in [0.2, 0.25) is 0 Å². The fourth-order valence-corrected chi connectivity index (χ4v) is 2.96. The van der Waals surface area contributed by atoms with Gasteiger partial charge in [0.2, 0.25) is 0 Å². The highest BCUT2D eigenvalue weighted by Crippen LogP contribution is 2.31. The second kappa shape index (κ2) is 8.41. The molecule has 1 rings (SSSR count). The molecule has 2 heteroatoms. The Balaban J connectivity index is 1.95. The number of unbranched alkanes of at least 4 members (excludes halogenated alkanes) is 3. The van der Waals surface area contributed by atoms with Crippen molar-refractivity contribution in [2.75, 3.05) is 19.0 Å². The monoisotopic (exact) mass is 231 g/mol. The molecule has 1 nitrogen and oxygen atoms in total. The quantitative estimate of drug-likeness (QED) is 0.495. The zero-order valence-electron chi connectivity index (χ0n) is 10.1. The van der Waals surface area contributed by atoms with E-state index in [2.05, 4.69) is 12.2 Å². The molecule has 1 saturated carbocycles. The van der Waals surface area contributed by atoms with Gasteiger partial charge in [0.15, 0.2) is 0 Å². The van der Waals surface area contributed by atoms with Crippen LogP contribution in [-0.2, 0) is 0 Å². The first kappa shape index (κ1) is 13.3. The zero-order valence-corrected chi connectivity index (χ0v) is 10.9. The molecule has 1 aliphatic carbocycles. The topological polar surface area (TPSA) is 12.0 Å². The van der Waals surface area contributed by atoms with Crippen LogP contribution in [0.1, 0.15) is 51.9 Å². The first-order valence-corrected chi connectivity index (χ1v) is 7.18. The Labute approximate surface area is 100.0 Å². The molecule has 0 radical (unpaired) electrons. The van der Waals surface area contributed by atoms with Crippen LogP contribution < -0.4 is 5.32 Å². The Morgan fingerprint density at radius 2 is 1.93 bits per heavy atom. The van der Waals surface area contributed by atoms with E-state index in [1.807, 2.05) is 0 Å². The third-order valence-electron chi connectivity index (χ3n) is 3.63. The maximum absolute atomic E-state index is 5.96. The summed E-state index contributed by atoms with van der Waals surface area (Å²) in [5.41, 5.74) is 0. The minimum absolute atomic E-state index is 0.787. The van der Waals surface area contributed by atoms with E-state index in [4.69, 9.17) is 11.6 Å². The van der Waals surface area contributed by atoms with E-state index >= 15 is 0 Å². The first-order valence-electron chi connectivity index (χ1n) is 6.65. The van der Waals surface area contributed by atoms with Gasteiger partial charge in [0.1, 0.15) is 0 Å². The Bertz CT molecular complexity index is 149. The number of hydrogen-bond donors (Lipinski definition) is 1. The second-order valence-electron chi connectivity index (χ2n) is 4.87. The molecular weight excluding hydrogens is 206 g/mol. The molecule has 1 fully saturated rings. The van der Waals surface area contributed by atoms with Gasteiger partial charge in [-0.25, -0.2) is 0 Å². The van der Waals surface area contributed by atoms with Crippen molar-refractivity contribution in [2.45, 2.75) is 51.9 Å². The molecule has 1 N–H and O–H groups in total. The highest BCUT2D eigenvalue weighted by Gasteiger charge is 2.25. The molecule has 2 unspecified atom stereocenters. The van der Waals surface area contributed by atoms with Crippen LogP contribution in [0.4, 0.5) is 0 Å². The van der Waals surface area contributed by atoms with Gasteiger partial charge in [-0.1, -0.05) is 32.6 Å². The van der Waals surface area contributed by atoms with Gasteiger partial charge in [0, 0.05) is 5.88 Å². The highest BCUT2D eigenvalue weighted by atomic mass is 35.5. The van der Waals surface area contributed by atoms with E-state index in [0.29, 0.717) is 0 Å². The summed E-state index contributed by atoms with van der Waals surface area (Å²) in [4.78, 5) is 0. The number of hydrogen-bond acceptors (Lipinski definition) is 1. The van der Waals surface area contributed by atoms with Crippen LogP contribution in [0.5, 0.6) is 0 Å². The van der Waals surface area contributed by atoms with Gasteiger partial charge < -0.3 is 5.32 Å². The smallest absolute Gasteiger partial charge is 0.0254 e. The average Bonchev–Trinajstić information content (AvgIpc) is 2.70. The lowest BCUT2D eigenvalue weighted by molar-refractivity contribution is 0.393. The summed E-state index contributed by atoms with van der Waals surface area (Å²) in [5, 5.41) is 3.59. The molecule has 0 aliphatic heterocycles. The number of halogens is 1. The maximum Gasteiger partial charge on any atom is 0.0254 e. The Hall–Kier alpha value is 0.250. The molecule has 0 aromatic rings. The van der Waals surface area contributed by atoms with Crippen molar-refractivity contribution in [3.05, 3.63) is 0 Å². The van der Waals surface area contributed by atoms with Crippen molar-refractivity contribution in [3.8, 4) is 0 Å². The van der Waals surface area contributed by atoms with Crippen molar-refractivity contribution in [1.29, 1.82) is 0 Å². The number of alkyl halides is 1. The summed E-state index contributed by atoms with van der Waals surface area (Å²) < 4.78 is 0. The average molecular weight is 232 g/mol. The zero-order chi connectivity index (χ0) is 10.9. The Morgan fingerprint density at radius 1 is 1.13 bits per heavy atom. The summed E-state index contributed by atoms with van der Waals surface area (Å²) >= 11 is 5.96. The molecule has 0 saturated heterocycles. The molecule has 2 atom stereocenters. The molecule has 15 heavy (non-hydrogen) atoms. The lowest BCUT2D eigenvalue weighted by atomic mass is 9.98. The third-order valence-corrected chi connectivity index (χ3v) is 4.02. The fraction of sp³-hybridized carbons (Fsp3) is 1.00.